The normalized spacial score (nSPS) is 21.2. The molecule has 2 spiro atoms. The summed E-state index contributed by atoms with van der Waals surface area (Å²) in [5, 5.41) is 55.2. The number of hydrogen-bond acceptors (Lipinski definition) is 8. The maximum atomic E-state index is 13.8. The van der Waals surface area contributed by atoms with Gasteiger partial charge in [-0.3, -0.25) is 0 Å². The zero-order valence-electron chi connectivity index (χ0n) is 38.7. The third-order valence-corrected chi connectivity index (χ3v) is 14.9. The molecule has 352 valence electrons. The number of ether oxygens (including phenoxy) is 4. The standard InChI is InChI=1S/C62H56O8/c63-59(45-26-9-1-10-27-45,46-28-11-2-12-29-46)53-54(60(64,47-30-13-3-14-31-47)48-32-15-4-16-33-48)68-57(67-53)42-25-43-58(44-57)69-55(61(65,49-34-17-5-18-35-49)50-36-19-6-20-37-50)56(70-58)62(66,51-38-21-7-22-39-51)52-40-23-8-24-41-52/h1-24,26-41,53-56,63-66H,25,42-44H2/t53-,54-,55-,56-/m1/s1. The number of benzene rings is 8. The molecule has 2 saturated heterocycles. The Hall–Kier alpha value is -6.56. The van der Waals surface area contributed by atoms with E-state index in [2.05, 4.69) is 0 Å². The zero-order valence-corrected chi connectivity index (χ0v) is 38.7. The molecule has 0 amide bonds. The summed E-state index contributed by atoms with van der Waals surface area (Å²) in [4.78, 5) is 0. The molecule has 0 bridgehead atoms. The van der Waals surface area contributed by atoms with Crippen LogP contribution in [-0.2, 0) is 41.4 Å². The van der Waals surface area contributed by atoms with Gasteiger partial charge in [0.05, 0.1) is 6.42 Å². The van der Waals surface area contributed by atoms with Crippen molar-refractivity contribution in [2.45, 2.75) is 84.1 Å². The molecular weight excluding hydrogens is 873 g/mol. The fourth-order valence-electron chi connectivity index (χ4n) is 11.6. The second kappa shape index (κ2) is 18.3. The van der Waals surface area contributed by atoms with Gasteiger partial charge in [-0.25, -0.2) is 0 Å². The molecule has 4 N–H and O–H groups in total. The highest BCUT2D eigenvalue weighted by Gasteiger charge is 2.70. The summed E-state index contributed by atoms with van der Waals surface area (Å²) in [5.74, 6) is -3.12. The Labute approximate surface area is 409 Å². The van der Waals surface area contributed by atoms with Crippen LogP contribution in [0.1, 0.15) is 70.2 Å². The van der Waals surface area contributed by atoms with Gasteiger partial charge in [0.1, 0.15) is 46.8 Å². The van der Waals surface area contributed by atoms with Crippen LogP contribution in [0.5, 0.6) is 0 Å². The molecule has 8 heteroatoms. The average Bonchev–Trinajstić information content (AvgIpc) is 4.00. The Kier molecular flexibility index (Phi) is 12.0. The molecule has 3 fully saturated rings. The van der Waals surface area contributed by atoms with Crippen molar-refractivity contribution < 1.29 is 39.4 Å². The summed E-state index contributed by atoms with van der Waals surface area (Å²) in [5.41, 5.74) is -3.17. The highest BCUT2D eigenvalue weighted by molar-refractivity contribution is 5.46. The molecule has 11 rings (SSSR count). The first-order valence-corrected chi connectivity index (χ1v) is 24.2. The Morgan fingerprint density at radius 3 is 0.586 bits per heavy atom. The predicted molar refractivity (Wildman–Crippen MR) is 267 cm³/mol. The Bertz CT molecular complexity index is 2410. The topological polar surface area (TPSA) is 118 Å². The van der Waals surface area contributed by atoms with Gasteiger partial charge >= 0.3 is 0 Å². The maximum Gasteiger partial charge on any atom is 0.174 e. The summed E-state index contributed by atoms with van der Waals surface area (Å²) < 4.78 is 30.1. The van der Waals surface area contributed by atoms with Gasteiger partial charge in [0, 0.05) is 12.8 Å². The molecule has 2 aliphatic heterocycles. The summed E-state index contributed by atoms with van der Waals surface area (Å²) >= 11 is 0. The molecule has 0 radical (unpaired) electrons. The SMILES string of the molecule is OC(c1ccccc1)(c1ccccc1)[C@@H]1OC2(CCCC3(C2)O[C@@H](C(O)(c2ccccc2)c2ccccc2)[C@H](C(O)(c2ccccc2)c2ccccc2)O3)O[C@H]1C(O)(c1ccccc1)c1ccccc1. The van der Waals surface area contributed by atoms with E-state index in [4.69, 9.17) is 18.9 Å². The summed E-state index contributed by atoms with van der Waals surface area (Å²) in [7, 11) is 0. The minimum absolute atomic E-state index is 0.0569. The predicted octanol–water partition coefficient (Wildman–Crippen LogP) is 10.3. The van der Waals surface area contributed by atoms with Crippen LogP contribution in [0, 0.1) is 0 Å². The van der Waals surface area contributed by atoms with E-state index in [1.165, 1.54) is 0 Å². The van der Waals surface area contributed by atoms with Crippen LogP contribution in [0.15, 0.2) is 243 Å². The minimum atomic E-state index is -1.89. The second-order valence-corrected chi connectivity index (χ2v) is 19.0. The number of aliphatic hydroxyl groups is 4. The van der Waals surface area contributed by atoms with Crippen molar-refractivity contribution in [3.63, 3.8) is 0 Å². The molecule has 70 heavy (non-hydrogen) atoms. The van der Waals surface area contributed by atoms with E-state index in [0.29, 0.717) is 63.8 Å². The quantitative estimate of drug-likeness (QED) is 0.0957. The van der Waals surface area contributed by atoms with Gasteiger partial charge in [0.2, 0.25) is 0 Å². The smallest absolute Gasteiger partial charge is 0.174 e. The lowest BCUT2D eigenvalue weighted by Crippen LogP contribution is -2.54. The Morgan fingerprint density at radius 1 is 0.271 bits per heavy atom. The fourth-order valence-corrected chi connectivity index (χ4v) is 11.6. The van der Waals surface area contributed by atoms with Gasteiger partial charge in [-0.15, -0.1) is 0 Å². The summed E-state index contributed by atoms with van der Waals surface area (Å²) in [6.07, 6.45) is -3.92. The lowest BCUT2D eigenvalue weighted by molar-refractivity contribution is -0.300. The molecule has 4 atom stereocenters. The third-order valence-electron chi connectivity index (χ3n) is 14.9. The van der Waals surface area contributed by atoms with Gasteiger partial charge < -0.3 is 39.4 Å². The Balaban J connectivity index is 1.11. The molecule has 3 aliphatic rings. The van der Waals surface area contributed by atoms with Crippen molar-refractivity contribution in [2.24, 2.45) is 0 Å². The molecular formula is C62H56O8. The van der Waals surface area contributed by atoms with Crippen LogP contribution in [0.3, 0.4) is 0 Å². The van der Waals surface area contributed by atoms with Crippen molar-refractivity contribution in [3.8, 4) is 0 Å². The van der Waals surface area contributed by atoms with Crippen LogP contribution < -0.4 is 0 Å². The van der Waals surface area contributed by atoms with Crippen molar-refractivity contribution in [2.75, 3.05) is 0 Å². The molecule has 2 heterocycles. The highest BCUT2D eigenvalue weighted by atomic mass is 16.8. The first-order valence-electron chi connectivity index (χ1n) is 24.2. The van der Waals surface area contributed by atoms with Gasteiger partial charge in [-0.1, -0.05) is 243 Å². The minimum Gasteiger partial charge on any atom is -0.378 e. The molecule has 8 nitrogen and oxygen atoms in total. The summed E-state index contributed by atoms with van der Waals surface area (Å²) in [6, 6.07) is 75.1. The molecule has 1 aliphatic carbocycles. The Morgan fingerprint density at radius 2 is 0.429 bits per heavy atom. The van der Waals surface area contributed by atoms with E-state index in [1.807, 2.05) is 243 Å². The van der Waals surface area contributed by atoms with E-state index in [1.54, 1.807) is 0 Å². The van der Waals surface area contributed by atoms with E-state index < -0.39 is 58.4 Å². The van der Waals surface area contributed by atoms with Gasteiger partial charge in [-0.2, -0.15) is 0 Å². The first kappa shape index (κ1) is 45.9. The van der Waals surface area contributed by atoms with Crippen LogP contribution >= 0.6 is 0 Å². The van der Waals surface area contributed by atoms with Crippen LogP contribution in [0.2, 0.25) is 0 Å². The molecule has 0 unspecified atom stereocenters. The number of hydrogen-bond donors (Lipinski definition) is 4. The van der Waals surface area contributed by atoms with Gasteiger partial charge in [-0.05, 0) is 50.9 Å². The largest absolute Gasteiger partial charge is 0.378 e. The lowest BCUT2D eigenvalue weighted by Gasteiger charge is -2.43. The van der Waals surface area contributed by atoms with Crippen LogP contribution in [0.4, 0.5) is 0 Å². The van der Waals surface area contributed by atoms with Gasteiger partial charge in [0.15, 0.2) is 11.6 Å². The highest BCUT2D eigenvalue weighted by Crippen LogP contribution is 2.59. The summed E-state index contributed by atoms with van der Waals surface area (Å²) in [6.45, 7) is 0. The zero-order chi connectivity index (χ0) is 47.9. The van der Waals surface area contributed by atoms with E-state index in [0.717, 1.165) is 0 Å². The van der Waals surface area contributed by atoms with E-state index in [-0.39, 0.29) is 6.42 Å². The van der Waals surface area contributed by atoms with Crippen molar-refractivity contribution in [1.82, 2.24) is 0 Å². The molecule has 8 aromatic rings. The van der Waals surface area contributed by atoms with E-state index in [9.17, 15) is 20.4 Å². The number of rotatable bonds is 12. The van der Waals surface area contributed by atoms with Gasteiger partial charge in [0.25, 0.3) is 0 Å². The second-order valence-electron chi connectivity index (χ2n) is 19.0. The van der Waals surface area contributed by atoms with Crippen molar-refractivity contribution in [3.05, 3.63) is 287 Å². The average molecular weight is 929 g/mol. The van der Waals surface area contributed by atoms with Crippen molar-refractivity contribution in [1.29, 1.82) is 0 Å². The van der Waals surface area contributed by atoms with E-state index >= 15 is 0 Å². The molecule has 8 aromatic carbocycles. The van der Waals surface area contributed by atoms with Crippen LogP contribution in [0.25, 0.3) is 0 Å². The molecule has 0 aromatic heterocycles. The van der Waals surface area contributed by atoms with Crippen molar-refractivity contribution >= 4 is 0 Å². The third kappa shape index (κ3) is 7.64. The first-order chi connectivity index (χ1) is 34.1. The lowest BCUT2D eigenvalue weighted by atomic mass is 9.72. The van der Waals surface area contributed by atoms with Crippen LogP contribution in [-0.4, -0.2) is 56.4 Å². The fraction of sp³-hybridized carbons (Fsp3) is 0.226. The monoisotopic (exact) mass is 928 g/mol. The maximum absolute atomic E-state index is 13.8. The molecule has 1 saturated carbocycles.